The van der Waals surface area contributed by atoms with Crippen molar-refractivity contribution >= 4 is 32.3 Å². The van der Waals surface area contributed by atoms with Crippen molar-refractivity contribution in [1.82, 2.24) is 9.97 Å². The number of nitrogens with one attached hydrogen (secondary N) is 1. The van der Waals surface area contributed by atoms with Crippen LogP contribution in [0.5, 0.6) is 0 Å². The summed E-state index contributed by atoms with van der Waals surface area (Å²) in [6.45, 7) is 1.73. The third kappa shape index (κ3) is 2.88. The van der Waals surface area contributed by atoms with Crippen molar-refractivity contribution in [2.45, 2.75) is 11.8 Å². The third-order valence-corrected chi connectivity index (χ3v) is 4.40. The normalized spacial score (nSPS) is 11.2. The number of carbonyl (C=O) groups is 1. The van der Waals surface area contributed by atoms with E-state index in [0.717, 1.165) is 11.3 Å². The largest absolute Gasteiger partial charge is 0.476 e. The lowest BCUT2D eigenvalue weighted by atomic mass is 10.4. The summed E-state index contributed by atoms with van der Waals surface area (Å²) in [6.07, 6.45) is 1.21. The summed E-state index contributed by atoms with van der Waals surface area (Å²) in [5, 5.41) is 8.82. The Bertz CT molecular complexity index is 707. The zero-order valence-corrected chi connectivity index (χ0v) is 11.3. The first-order chi connectivity index (χ1) is 8.90. The highest BCUT2D eigenvalue weighted by Gasteiger charge is 2.20. The van der Waals surface area contributed by atoms with Gasteiger partial charge in [-0.1, -0.05) is 0 Å². The minimum atomic E-state index is -3.86. The monoisotopic (exact) mass is 299 g/mol. The molecule has 0 saturated carbocycles. The minimum Gasteiger partial charge on any atom is -0.476 e. The SMILES string of the molecule is Cc1ccc(S(=O)(=O)Nc2scnc2C(=O)O)cn1. The van der Waals surface area contributed by atoms with Gasteiger partial charge in [0.25, 0.3) is 10.0 Å². The number of thiazole rings is 1. The van der Waals surface area contributed by atoms with E-state index in [-0.39, 0.29) is 15.6 Å². The van der Waals surface area contributed by atoms with E-state index in [0.29, 0.717) is 5.69 Å². The molecule has 0 fully saturated rings. The van der Waals surface area contributed by atoms with Crippen LogP contribution < -0.4 is 4.72 Å². The second-order valence-electron chi connectivity index (χ2n) is 3.58. The minimum absolute atomic E-state index is 0.0342. The molecule has 0 radical (unpaired) electrons. The maximum absolute atomic E-state index is 12.0. The molecule has 0 aliphatic carbocycles. The predicted octanol–water partition coefficient (Wildman–Crippen LogP) is 1.35. The average Bonchev–Trinajstić information content (AvgIpc) is 2.77. The van der Waals surface area contributed by atoms with Crippen LogP contribution in [-0.2, 0) is 10.0 Å². The van der Waals surface area contributed by atoms with Crippen molar-refractivity contribution in [2.24, 2.45) is 0 Å². The lowest BCUT2D eigenvalue weighted by Gasteiger charge is -2.06. The molecule has 0 spiro atoms. The molecule has 0 saturated heterocycles. The Kier molecular flexibility index (Phi) is 3.49. The van der Waals surface area contributed by atoms with Crippen molar-refractivity contribution in [3.63, 3.8) is 0 Å². The number of sulfonamides is 1. The summed E-state index contributed by atoms with van der Waals surface area (Å²) in [5.41, 5.74) is 1.62. The molecule has 0 aromatic carbocycles. The van der Waals surface area contributed by atoms with Crippen LogP contribution in [-0.4, -0.2) is 29.5 Å². The number of rotatable bonds is 4. The van der Waals surface area contributed by atoms with E-state index in [1.165, 1.54) is 17.8 Å². The topological polar surface area (TPSA) is 109 Å². The number of hydrogen-bond donors (Lipinski definition) is 2. The van der Waals surface area contributed by atoms with Crippen LogP contribution in [0.2, 0.25) is 0 Å². The zero-order chi connectivity index (χ0) is 14.0. The number of aromatic carboxylic acids is 1. The van der Waals surface area contributed by atoms with E-state index in [1.807, 2.05) is 0 Å². The van der Waals surface area contributed by atoms with Gasteiger partial charge < -0.3 is 5.11 Å². The number of carboxylic acids is 1. The Morgan fingerprint density at radius 2 is 2.11 bits per heavy atom. The molecule has 19 heavy (non-hydrogen) atoms. The molecule has 0 bridgehead atoms. The molecule has 7 nitrogen and oxygen atoms in total. The van der Waals surface area contributed by atoms with Crippen LogP contribution in [0.4, 0.5) is 5.00 Å². The molecule has 100 valence electrons. The van der Waals surface area contributed by atoms with E-state index in [2.05, 4.69) is 14.7 Å². The standard InChI is InChI=1S/C10H9N3O4S2/c1-6-2-3-7(4-11-6)19(16,17)13-9-8(10(14)15)12-5-18-9/h2-5,13H,1H3,(H,14,15). The first-order valence-electron chi connectivity index (χ1n) is 5.02. The van der Waals surface area contributed by atoms with Gasteiger partial charge in [-0.3, -0.25) is 9.71 Å². The second-order valence-corrected chi connectivity index (χ2v) is 6.11. The van der Waals surface area contributed by atoms with Crippen LogP contribution in [0.3, 0.4) is 0 Å². The van der Waals surface area contributed by atoms with E-state index < -0.39 is 16.0 Å². The fourth-order valence-corrected chi connectivity index (χ4v) is 3.20. The molecule has 2 aromatic heterocycles. The molecule has 2 aromatic rings. The number of aromatic nitrogens is 2. The average molecular weight is 299 g/mol. The molecule has 2 heterocycles. The quantitative estimate of drug-likeness (QED) is 0.881. The Morgan fingerprint density at radius 3 is 2.68 bits per heavy atom. The third-order valence-electron chi connectivity index (χ3n) is 2.19. The van der Waals surface area contributed by atoms with Crippen molar-refractivity contribution in [1.29, 1.82) is 0 Å². The van der Waals surface area contributed by atoms with Gasteiger partial charge in [0.15, 0.2) is 5.69 Å². The fraction of sp³-hybridized carbons (Fsp3) is 0.100. The van der Waals surface area contributed by atoms with Crippen LogP contribution in [0.25, 0.3) is 0 Å². The van der Waals surface area contributed by atoms with Crippen molar-refractivity contribution in [3.05, 3.63) is 35.2 Å². The summed E-state index contributed by atoms with van der Waals surface area (Å²) in [7, 11) is -3.86. The van der Waals surface area contributed by atoms with E-state index in [9.17, 15) is 13.2 Å². The maximum Gasteiger partial charge on any atom is 0.357 e. The van der Waals surface area contributed by atoms with Crippen molar-refractivity contribution in [2.75, 3.05) is 4.72 Å². The molecule has 0 aliphatic rings. The first-order valence-corrected chi connectivity index (χ1v) is 7.38. The highest BCUT2D eigenvalue weighted by atomic mass is 32.2. The van der Waals surface area contributed by atoms with Crippen LogP contribution in [0, 0.1) is 6.92 Å². The summed E-state index contributed by atoms with van der Waals surface area (Å²) in [5.74, 6) is -1.29. The maximum atomic E-state index is 12.0. The Hall–Kier alpha value is -2.00. The Balaban J connectivity index is 2.34. The lowest BCUT2D eigenvalue weighted by molar-refractivity contribution is 0.0692. The Morgan fingerprint density at radius 1 is 1.37 bits per heavy atom. The second kappa shape index (κ2) is 4.94. The number of aryl methyl sites for hydroxylation is 1. The molecule has 2 N–H and O–H groups in total. The summed E-state index contributed by atoms with van der Waals surface area (Å²) in [4.78, 5) is 18.3. The fourth-order valence-electron chi connectivity index (χ4n) is 1.27. The van der Waals surface area contributed by atoms with E-state index in [1.54, 1.807) is 13.0 Å². The van der Waals surface area contributed by atoms with Crippen LogP contribution >= 0.6 is 11.3 Å². The number of carboxylic acid groups (broad SMARTS) is 1. The summed E-state index contributed by atoms with van der Waals surface area (Å²) in [6, 6.07) is 2.95. The van der Waals surface area contributed by atoms with Crippen molar-refractivity contribution in [3.8, 4) is 0 Å². The molecule has 0 atom stereocenters. The number of nitrogens with zero attached hydrogens (tertiary/aromatic N) is 2. The molecule has 0 aliphatic heterocycles. The number of hydrogen-bond acceptors (Lipinski definition) is 6. The van der Waals surface area contributed by atoms with Gasteiger partial charge in [-0.2, -0.15) is 0 Å². The van der Waals surface area contributed by atoms with E-state index >= 15 is 0 Å². The summed E-state index contributed by atoms with van der Waals surface area (Å²) < 4.78 is 26.2. The van der Waals surface area contributed by atoms with Crippen LogP contribution in [0.15, 0.2) is 28.7 Å². The van der Waals surface area contributed by atoms with Gasteiger partial charge in [-0.05, 0) is 19.1 Å². The van der Waals surface area contributed by atoms with Gasteiger partial charge >= 0.3 is 5.97 Å². The first kappa shape index (κ1) is 13.4. The molecule has 0 unspecified atom stereocenters. The molecular weight excluding hydrogens is 290 g/mol. The van der Waals surface area contributed by atoms with Crippen LogP contribution in [0.1, 0.15) is 16.2 Å². The highest BCUT2D eigenvalue weighted by Crippen LogP contribution is 2.23. The lowest BCUT2D eigenvalue weighted by Crippen LogP contribution is -2.14. The Labute approximate surface area is 113 Å². The molecule has 2 rings (SSSR count). The zero-order valence-electron chi connectivity index (χ0n) is 9.69. The van der Waals surface area contributed by atoms with Gasteiger partial charge in [0, 0.05) is 11.9 Å². The van der Waals surface area contributed by atoms with Gasteiger partial charge in [-0.25, -0.2) is 18.2 Å². The predicted molar refractivity (Wildman–Crippen MR) is 68.9 cm³/mol. The molecule has 0 amide bonds. The van der Waals surface area contributed by atoms with E-state index in [4.69, 9.17) is 5.11 Å². The molecule has 9 heteroatoms. The van der Waals surface area contributed by atoms with Gasteiger partial charge in [0.1, 0.15) is 9.90 Å². The summed E-state index contributed by atoms with van der Waals surface area (Å²) >= 11 is 0.900. The van der Waals surface area contributed by atoms with Crippen molar-refractivity contribution < 1.29 is 18.3 Å². The van der Waals surface area contributed by atoms with Gasteiger partial charge in [0.2, 0.25) is 0 Å². The number of anilines is 1. The highest BCUT2D eigenvalue weighted by molar-refractivity contribution is 7.93. The molecular formula is C10H9N3O4S2. The smallest absolute Gasteiger partial charge is 0.357 e. The van der Waals surface area contributed by atoms with Gasteiger partial charge in [-0.15, -0.1) is 11.3 Å². The number of pyridine rings is 1. The van der Waals surface area contributed by atoms with Gasteiger partial charge in [0.05, 0.1) is 5.51 Å².